The molecule has 4 aliphatic carbocycles. The molecule has 8 nitrogen and oxygen atoms in total. The third-order valence-electron chi connectivity index (χ3n) is 9.81. The lowest BCUT2D eigenvalue weighted by Gasteiger charge is -2.66. The zero-order valence-electron chi connectivity index (χ0n) is 20.8. The number of Topliss-reactive ketones (excluding diaryl/α,β-unsaturated/α-hetero) is 1. The smallest absolute Gasteiger partial charge is 0.312 e. The van der Waals surface area contributed by atoms with Crippen LogP contribution >= 0.6 is 0 Å². The molecule has 9 heteroatoms. The first-order valence-corrected chi connectivity index (χ1v) is 14.5. The molecule has 1 aromatic carbocycles. The van der Waals surface area contributed by atoms with Crippen LogP contribution in [0.4, 0.5) is 5.69 Å². The number of unbranched alkanes of at least 4 members (excludes halogenated alkanes) is 1. The number of benzene rings is 1. The molecule has 5 aliphatic rings. The Labute approximate surface area is 211 Å². The van der Waals surface area contributed by atoms with Crippen LogP contribution in [0.5, 0.6) is 0 Å². The average molecular weight is 516 g/mol. The van der Waals surface area contributed by atoms with Gasteiger partial charge in [0.2, 0.25) is 0 Å². The summed E-state index contributed by atoms with van der Waals surface area (Å²) in [4.78, 5) is 38.5. The summed E-state index contributed by atoms with van der Waals surface area (Å²) in [5.74, 6) is -1.53. The normalized spacial score (nSPS) is 37.7. The van der Waals surface area contributed by atoms with Crippen LogP contribution in [0.25, 0.3) is 0 Å². The maximum absolute atomic E-state index is 14.4. The standard InChI is InChI=1S/C27H33NO7S/c1-4-5-11-26-19(16(2)15-35-25(26)30)14-23(27-12-10-18(13-22(26)27)17(3)24(27)29)36(33,34)21-9-7-6-8-20(21)28(31)32/h6-9,16,18-19,22-23H,3-5,10-15H2,1-2H3/t16?,18-,19?,22?,23?,26?,27+/m0/s1. The van der Waals surface area contributed by atoms with Crippen molar-refractivity contribution < 1.29 is 27.7 Å². The summed E-state index contributed by atoms with van der Waals surface area (Å²) in [6.07, 6.45) is 3.78. The summed E-state index contributed by atoms with van der Waals surface area (Å²) >= 11 is 0. The van der Waals surface area contributed by atoms with E-state index in [1.807, 2.05) is 13.8 Å². The van der Waals surface area contributed by atoms with Gasteiger partial charge in [0.05, 0.1) is 27.6 Å². The predicted molar refractivity (Wildman–Crippen MR) is 132 cm³/mol. The van der Waals surface area contributed by atoms with Crippen molar-refractivity contribution in [3.05, 3.63) is 46.5 Å². The van der Waals surface area contributed by atoms with Crippen LogP contribution in [0, 0.1) is 44.6 Å². The molecule has 1 aliphatic heterocycles. The number of hydrogen-bond donors (Lipinski definition) is 0. The van der Waals surface area contributed by atoms with Crippen LogP contribution in [0.15, 0.2) is 41.3 Å². The summed E-state index contributed by atoms with van der Waals surface area (Å²) in [6, 6.07) is 5.37. The minimum atomic E-state index is -4.30. The molecule has 6 rings (SSSR count). The van der Waals surface area contributed by atoms with Crippen molar-refractivity contribution in [1.29, 1.82) is 0 Å². The Morgan fingerprint density at radius 3 is 2.64 bits per heavy atom. The summed E-state index contributed by atoms with van der Waals surface area (Å²) in [7, 11) is -4.30. The molecule has 1 spiro atoms. The number of fused-ring (bicyclic) bond motifs is 3. The Hall–Kier alpha value is -2.55. The highest BCUT2D eigenvalue weighted by molar-refractivity contribution is 7.92. The Kier molecular flexibility index (Phi) is 5.93. The van der Waals surface area contributed by atoms with E-state index in [4.69, 9.17) is 4.74 Å². The SMILES string of the molecule is C=C1C(=O)[C@]23CC[C@H]1CC2C1(CCCC)C(=O)OCC(C)C1CC3S(=O)(=O)c1ccccc1[N+](=O)[O-]. The van der Waals surface area contributed by atoms with Gasteiger partial charge in [0, 0.05) is 6.07 Å². The molecule has 4 saturated carbocycles. The van der Waals surface area contributed by atoms with Gasteiger partial charge in [-0.15, -0.1) is 0 Å². The Balaban J connectivity index is 1.76. The van der Waals surface area contributed by atoms with Gasteiger partial charge in [-0.3, -0.25) is 19.7 Å². The van der Waals surface area contributed by atoms with Gasteiger partial charge in [0.15, 0.2) is 15.6 Å². The number of cyclic esters (lactones) is 1. The quantitative estimate of drug-likeness (QED) is 0.234. The van der Waals surface area contributed by atoms with E-state index in [0.29, 0.717) is 31.3 Å². The molecule has 5 unspecified atom stereocenters. The number of rotatable bonds is 6. The summed E-state index contributed by atoms with van der Waals surface area (Å²) in [6.45, 7) is 8.28. The van der Waals surface area contributed by atoms with Crippen molar-refractivity contribution in [2.75, 3.05) is 6.61 Å². The molecule has 0 N–H and O–H groups in total. The van der Waals surface area contributed by atoms with Gasteiger partial charge in [-0.05, 0) is 67.4 Å². The van der Waals surface area contributed by atoms with Crippen molar-refractivity contribution in [3.8, 4) is 0 Å². The number of nitro benzene ring substituents is 1. The monoisotopic (exact) mass is 515 g/mol. The largest absolute Gasteiger partial charge is 0.465 e. The number of carbonyl (C=O) groups is 2. The fourth-order valence-corrected chi connectivity index (χ4v) is 10.6. The van der Waals surface area contributed by atoms with Gasteiger partial charge in [-0.1, -0.05) is 45.4 Å². The third kappa shape index (κ3) is 3.13. The van der Waals surface area contributed by atoms with Crippen LogP contribution < -0.4 is 0 Å². The van der Waals surface area contributed by atoms with Crippen molar-refractivity contribution in [3.63, 3.8) is 0 Å². The summed E-state index contributed by atoms with van der Waals surface area (Å²) in [5.41, 5.74) is -2.33. The molecule has 7 atom stereocenters. The number of ketones is 1. The minimum absolute atomic E-state index is 0.0823. The molecule has 194 valence electrons. The lowest BCUT2D eigenvalue weighted by atomic mass is 9.38. The van der Waals surface area contributed by atoms with Crippen LogP contribution in [-0.4, -0.2) is 37.0 Å². The lowest BCUT2D eigenvalue weighted by molar-refractivity contribution is -0.387. The van der Waals surface area contributed by atoms with Gasteiger partial charge in [-0.2, -0.15) is 0 Å². The first-order valence-electron chi connectivity index (χ1n) is 12.9. The second-order valence-electron chi connectivity index (χ2n) is 11.2. The third-order valence-corrected chi connectivity index (χ3v) is 12.1. The topological polar surface area (TPSA) is 121 Å². The Bertz CT molecular complexity index is 1260. The molecular formula is C27H33NO7S. The maximum Gasteiger partial charge on any atom is 0.312 e. The first kappa shape index (κ1) is 25.1. The molecule has 5 fully saturated rings. The van der Waals surface area contributed by atoms with E-state index < -0.39 is 42.4 Å². The molecule has 1 aromatic rings. The zero-order valence-corrected chi connectivity index (χ0v) is 21.6. The Morgan fingerprint density at radius 1 is 1.22 bits per heavy atom. The molecule has 2 bridgehead atoms. The second kappa shape index (κ2) is 8.50. The first-order chi connectivity index (χ1) is 17.0. The number of ether oxygens (including phenoxy) is 1. The van der Waals surface area contributed by atoms with Crippen LogP contribution in [0.2, 0.25) is 0 Å². The van der Waals surface area contributed by atoms with E-state index in [1.165, 1.54) is 24.3 Å². The highest BCUT2D eigenvalue weighted by Gasteiger charge is 2.74. The van der Waals surface area contributed by atoms with Gasteiger partial charge in [0.25, 0.3) is 5.69 Å². The van der Waals surface area contributed by atoms with Gasteiger partial charge in [-0.25, -0.2) is 8.42 Å². The number of para-hydroxylation sites is 1. The average Bonchev–Trinajstić information content (AvgIpc) is 2.87. The molecule has 0 radical (unpaired) electrons. The van der Waals surface area contributed by atoms with Crippen molar-refractivity contribution in [1.82, 2.24) is 0 Å². The number of nitro groups is 1. The minimum Gasteiger partial charge on any atom is -0.465 e. The van der Waals surface area contributed by atoms with E-state index in [1.54, 1.807) is 0 Å². The molecule has 36 heavy (non-hydrogen) atoms. The number of hydrogen-bond acceptors (Lipinski definition) is 7. The van der Waals surface area contributed by atoms with Gasteiger partial charge < -0.3 is 4.74 Å². The molecule has 1 saturated heterocycles. The number of esters is 1. The van der Waals surface area contributed by atoms with E-state index in [0.717, 1.165) is 12.8 Å². The predicted octanol–water partition coefficient (Wildman–Crippen LogP) is 4.67. The number of carbonyl (C=O) groups excluding carboxylic acids is 2. The van der Waals surface area contributed by atoms with Crippen LogP contribution in [-0.2, 0) is 24.2 Å². The van der Waals surface area contributed by atoms with E-state index in [-0.39, 0.29) is 47.4 Å². The Morgan fingerprint density at radius 2 is 1.94 bits per heavy atom. The second-order valence-corrected chi connectivity index (χ2v) is 13.3. The summed E-state index contributed by atoms with van der Waals surface area (Å²) < 4.78 is 34.5. The zero-order chi connectivity index (χ0) is 26.0. The highest BCUT2D eigenvalue weighted by Crippen LogP contribution is 2.70. The number of sulfone groups is 1. The molecule has 0 aromatic heterocycles. The maximum atomic E-state index is 14.4. The lowest BCUT2D eigenvalue weighted by Crippen LogP contribution is -2.71. The highest BCUT2D eigenvalue weighted by atomic mass is 32.2. The molecule has 0 amide bonds. The van der Waals surface area contributed by atoms with Crippen LogP contribution in [0.3, 0.4) is 0 Å². The fourth-order valence-electron chi connectivity index (χ4n) is 8.21. The van der Waals surface area contributed by atoms with Gasteiger partial charge in [0.1, 0.15) is 4.90 Å². The number of nitrogens with zero attached hydrogens (tertiary/aromatic N) is 1. The fraction of sp³-hybridized carbons (Fsp3) is 0.630. The molecule has 1 heterocycles. The summed E-state index contributed by atoms with van der Waals surface area (Å²) in [5, 5.41) is 10.6. The number of allylic oxidation sites excluding steroid dienone is 1. The van der Waals surface area contributed by atoms with Crippen molar-refractivity contribution in [2.45, 2.75) is 68.9 Å². The van der Waals surface area contributed by atoms with Gasteiger partial charge >= 0.3 is 5.97 Å². The van der Waals surface area contributed by atoms with E-state index >= 15 is 0 Å². The van der Waals surface area contributed by atoms with Crippen molar-refractivity contribution >= 4 is 27.3 Å². The van der Waals surface area contributed by atoms with E-state index in [9.17, 15) is 28.1 Å². The molecular weight excluding hydrogens is 482 g/mol. The van der Waals surface area contributed by atoms with Crippen molar-refractivity contribution in [2.24, 2.45) is 34.5 Å². The van der Waals surface area contributed by atoms with Crippen LogP contribution in [0.1, 0.15) is 58.8 Å². The van der Waals surface area contributed by atoms with E-state index in [2.05, 4.69) is 6.58 Å².